The summed E-state index contributed by atoms with van der Waals surface area (Å²) < 4.78 is 14.6. The summed E-state index contributed by atoms with van der Waals surface area (Å²) in [5, 5.41) is 4.53. The van der Waals surface area contributed by atoms with E-state index in [0.29, 0.717) is 0 Å². The van der Waals surface area contributed by atoms with E-state index < -0.39 is 0 Å². The van der Waals surface area contributed by atoms with Crippen LogP contribution in [0.5, 0.6) is 5.75 Å². The van der Waals surface area contributed by atoms with E-state index in [2.05, 4.69) is 150 Å². The second-order valence-corrected chi connectivity index (χ2v) is 11.7. The van der Waals surface area contributed by atoms with Gasteiger partial charge in [-0.15, -0.1) is 0 Å². The van der Waals surface area contributed by atoms with Crippen molar-refractivity contribution in [3.05, 3.63) is 158 Å². The van der Waals surface area contributed by atoms with Gasteiger partial charge in [0, 0.05) is 21.5 Å². The maximum absolute atomic E-state index is 6.64. The molecule has 0 saturated heterocycles. The third-order valence-corrected chi connectivity index (χ3v) is 9.10. The Morgan fingerprint density at radius 1 is 0.435 bits per heavy atom. The fourth-order valence-electron chi connectivity index (χ4n) is 6.85. The molecule has 0 aliphatic rings. The van der Waals surface area contributed by atoms with Crippen molar-refractivity contribution in [2.24, 2.45) is 0 Å². The van der Waals surface area contributed by atoms with E-state index in [-0.39, 0.29) is 0 Å². The molecule has 9 rings (SSSR count). The largest absolute Gasteiger partial charge is 0.497 e. The summed E-state index contributed by atoms with van der Waals surface area (Å²) >= 11 is 0. The molecule has 2 aromatic heterocycles. The fraction of sp³-hybridized carbons (Fsp3) is 0.0233. The highest BCUT2D eigenvalue weighted by molar-refractivity contribution is 6.13. The third kappa shape index (κ3) is 4.21. The number of benzene rings is 7. The van der Waals surface area contributed by atoms with Crippen LogP contribution in [0, 0.1) is 0 Å². The highest BCUT2D eigenvalue weighted by atomic mass is 16.5. The molecule has 7 aromatic carbocycles. The molecule has 218 valence electrons. The normalized spacial score (nSPS) is 11.6. The Labute approximate surface area is 266 Å². The Morgan fingerprint density at radius 2 is 1.02 bits per heavy atom. The molecule has 0 spiro atoms. The predicted molar refractivity (Wildman–Crippen MR) is 191 cm³/mol. The van der Waals surface area contributed by atoms with E-state index in [0.717, 1.165) is 55.5 Å². The van der Waals surface area contributed by atoms with Gasteiger partial charge in [-0.3, -0.25) is 0 Å². The minimum absolute atomic E-state index is 0.807. The first-order valence-electron chi connectivity index (χ1n) is 15.5. The predicted octanol–water partition coefficient (Wildman–Crippen LogP) is 11.7. The lowest BCUT2D eigenvalue weighted by atomic mass is 9.96. The van der Waals surface area contributed by atoms with Crippen LogP contribution in [-0.2, 0) is 0 Å². The number of rotatable bonds is 5. The van der Waals surface area contributed by atoms with E-state index in [4.69, 9.17) is 9.15 Å². The number of para-hydroxylation sites is 2. The van der Waals surface area contributed by atoms with Crippen LogP contribution in [0.1, 0.15) is 0 Å². The van der Waals surface area contributed by atoms with Gasteiger partial charge in [-0.1, -0.05) is 109 Å². The first kappa shape index (κ1) is 26.4. The molecular weight excluding hydrogens is 562 g/mol. The molecule has 0 bridgehead atoms. The molecule has 3 nitrogen and oxygen atoms in total. The summed E-state index contributed by atoms with van der Waals surface area (Å²) in [6.45, 7) is 0. The molecule has 0 N–H and O–H groups in total. The van der Waals surface area contributed by atoms with Crippen LogP contribution in [0.15, 0.2) is 162 Å². The van der Waals surface area contributed by atoms with Gasteiger partial charge in [0.15, 0.2) is 5.58 Å². The van der Waals surface area contributed by atoms with Gasteiger partial charge < -0.3 is 13.7 Å². The summed E-state index contributed by atoms with van der Waals surface area (Å²) in [6.07, 6.45) is 0. The Kier molecular flexibility index (Phi) is 6.04. The molecule has 2 heterocycles. The number of hydrogen-bond acceptors (Lipinski definition) is 2. The lowest BCUT2D eigenvalue weighted by Crippen LogP contribution is -1.95. The van der Waals surface area contributed by atoms with Crippen LogP contribution < -0.4 is 4.74 Å². The van der Waals surface area contributed by atoms with E-state index in [1.807, 2.05) is 12.1 Å². The highest BCUT2D eigenvalue weighted by Crippen LogP contribution is 2.41. The number of furan rings is 1. The molecule has 46 heavy (non-hydrogen) atoms. The number of aromatic nitrogens is 1. The number of hydrogen-bond donors (Lipinski definition) is 0. The van der Waals surface area contributed by atoms with Crippen LogP contribution in [0.4, 0.5) is 0 Å². The van der Waals surface area contributed by atoms with E-state index in [9.17, 15) is 0 Å². The summed E-state index contributed by atoms with van der Waals surface area (Å²) in [4.78, 5) is 0. The lowest BCUT2D eigenvalue weighted by molar-refractivity contribution is 0.415. The molecular formula is C43H29NO2. The van der Waals surface area contributed by atoms with Gasteiger partial charge >= 0.3 is 0 Å². The van der Waals surface area contributed by atoms with Gasteiger partial charge in [0.25, 0.3) is 0 Å². The van der Waals surface area contributed by atoms with Gasteiger partial charge in [0.2, 0.25) is 0 Å². The average Bonchev–Trinajstić information content (AvgIpc) is 3.67. The van der Waals surface area contributed by atoms with E-state index in [1.54, 1.807) is 7.11 Å². The maximum Gasteiger partial charge on any atom is 0.159 e. The van der Waals surface area contributed by atoms with Crippen LogP contribution in [-0.4, -0.2) is 11.7 Å². The standard InChI is InChI=1S/C43H29NO2/c1-45-34-22-23-42-37(27-34)38-25-33(30-20-18-29(19-21-30)32-13-9-12-31(24-32)28-10-3-2-4-11-28)26-41(43(38)46-42)44-39-16-7-5-14-35(39)36-15-6-8-17-40(36)44/h2-27H,1H3. The Bertz CT molecular complexity index is 2500. The minimum Gasteiger partial charge on any atom is -0.497 e. The molecule has 0 aliphatic heterocycles. The van der Waals surface area contributed by atoms with Crippen molar-refractivity contribution in [2.45, 2.75) is 0 Å². The van der Waals surface area contributed by atoms with Gasteiger partial charge in [0.1, 0.15) is 11.3 Å². The van der Waals surface area contributed by atoms with Crippen molar-refractivity contribution in [3.8, 4) is 44.8 Å². The molecule has 0 fully saturated rings. The number of nitrogens with zero attached hydrogens (tertiary/aromatic N) is 1. The zero-order chi connectivity index (χ0) is 30.6. The molecule has 0 aliphatic carbocycles. The van der Waals surface area contributed by atoms with E-state index in [1.165, 1.54) is 33.0 Å². The Balaban J connectivity index is 1.25. The molecule has 0 radical (unpaired) electrons. The summed E-state index contributed by atoms with van der Waals surface area (Å²) in [5.74, 6) is 0.807. The first-order valence-corrected chi connectivity index (χ1v) is 15.5. The second-order valence-electron chi connectivity index (χ2n) is 11.7. The zero-order valence-corrected chi connectivity index (χ0v) is 25.3. The molecule has 0 amide bonds. The minimum atomic E-state index is 0.807. The van der Waals surface area contributed by atoms with Gasteiger partial charge in [-0.25, -0.2) is 0 Å². The SMILES string of the molecule is COc1ccc2oc3c(-n4c5ccccc5c5ccccc54)cc(-c4ccc(-c5cccc(-c6ccccc6)c5)cc4)cc3c2c1. The summed E-state index contributed by atoms with van der Waals surface area (Å²) in [7, 11) is 1.70. The van der Waals surface area contributed by atoms with Gasteiger partial charge in [-0.2, -0.15) is 0 Å². The molecule has 0 saturated carbocycles. The lowest BCUT2D eigenvalue weighted by Gasteiger charge is -2.12. The van der Waals surface area contributed by atoms with Crippen molar-refractivity contribution in [1.29, 1.82) is 0 Å². The molecule has 9 aromatic rings. The van der Waals surface area contributed by atoms with Gasteiger partial charge in [-0.05, 0) is 81.9 Å². The smallest absolute Gasteiger partial charge is 0.159 e. The van der Waals surface area contributed by atoms with Crippen molar-refractivity contribution in [1.82, 2.24) is 4.57 Å². The van der Waals surface area contributed by atoms with Crippen molar-refractivity contribution in [2.75, 3.05) is 7.11 Å². The second kappa shape index (κ2) is 10.5. The van der Waals surface area contributed by atoms with Crippen molar-refractivity contribution >= 4 is 43.7 Å². The topological polar surface area (TPSA) is 27.3 Å². The monoisotopic (exact) mass is 591 g/mol. The maximum atomic E-state index is 6.64. The Hall–Kier alpha value is -6.06. The summed E-state index contributed by atoms with van der Waals surface area (Å²) in [6, 6.07) is 55.9. The highest BCUT2D eigenvalue weighted by Gasteiger charge is 2.19. The van der Waals surface area contributed by atoms with Crippen LogP contribution in [0.25, 0.3) is 82.8 Å². The number of methoxy groups -OCH3 is 1. The fourth-order valence-corrected chi connectivity index (χ4v) is 6.85. The molecule has 0 unspecified atom stereocenters. The average molecular weight is 592 g/mol. The third-order valence-electron chi connectivity index (χ3n) is 9.10. The van der Waals surface area contributed by atoms with E-state index >= 15 is 0 Å². The molecule has 3 heteroatoms. The number of fused-ring (bicyclic) bond motifs is 6. The number of ether oxygens (including phenoxy) is 1. The Morgan fingerprint density at radius 3 is 1.70 bits per heavy atom. The zero-order valence-electron chi connectivity index (χ0n) is 25.3. The van der Waals surface area contributed by atoms with Gasteiger partial charge in [0.05, 0.1) is 23.8 Å². The van der Waals surface area contributed by atoms with Crippen LogP contribution in [0.3, 0.4) is 0 Å². The first-order chi connectivity index (χ1) is 22.7. The van der Waals surface area contributed by atoms with Crippen LogP contribution >= 0.6 is 0 Å². The van der Waals surface area contributed by atoms with Crippen LogP contribution in [0.2, 0.25) is 0 Å². The molecule has 0 atom stereocenters. The van der Waals surface area contributed by atoms with Crippen molar-refractivity contribution < 1.29 is 9.15 Å². The van der Waals surface area contributed by atoms with Crippen molar-refractivity contribution in [3.63, 3.8) is 0 Å². The quantitative estimate of drug-likeness (QED) is 0.199. The summed E-state index contributed by atoms with van der Waals surface area (Å²) in [5.41, 5.74) is 12.1.